The summed E-state index contributed by atoms with van der Waals surface area (Å²) in [5.41, 5.74) is 4.05. The minimum Gasteiger partial charge on any atom is -0.352 e. The van der Waals surface area contributed by atoms with Gasteiger partial charge in [-0.1, -0.05) is 31.5 Å². The number of halogens is 1. The van der Waals surface area contributed by atoms with Crippen LogP contribution in [0.1, 0.15) is 66.1 Å². The molecule has 0 radical (unpaired) electrons. The van der Waals surface area contributed by atoms with Crippen LogP contribution in [0.15, 0.2) is 36.4 Å². The maximum Gasteiger partial charge on any atom is 0.251 e. The van der Waals surface area contributed by atoms with Gasteiger partial charge in [0.05, 0.1) is 0 Å². The van der Waals surface area contributed by atoms with Gasteiger partial charge in [-0.3, -0.25) is 9.59 Å². The van der Waals surface area contributed by atoms with Gasteiger partial charge in [0, 0.05) is 30.3 Å². The first-order valence-corrected chi connectivity index (χ1v) is 13.5. The molecule has 2 atom stereocenters. The van der Waals surface area contributed by atoms with Crippen molar-refractivity contribution in [3.05, 3.63) is 64.5 Å². The normalized spacial score (nSPS) is 21.0. The highest BCUT2D eigenvalue weighted by atomic mass is 19.1. The third kappa shape index (κ3) is 6.33. The summed E-state index contributed by atoms with van der Waals surface area (Å²) in [4.78, 5) is 30.4. The number of nitrogens with zero attached hydrogens (tertiary/aromatic N) is 2. The minimum absolute atomic E-state index is 0.0674. The number of benzene rings is 2. The maximum atomic E-state index is 14.3. The Bertz CT molecular complexity index is 1060. The van der Waals surface area contributed by atoms with E-state index in [1.165, 1.54) is 38.4 Å². The molecule has 0 saturated carbocycles. The van der Waals surface area contributed by atoms with E-state index in [0.29, 0.717) is 30.6 Å². The number of carbonyl (C=O) groups excluding carboxylic acids is 2. The first kappa shape index (κ1) is 26.3. The zero-order valence-electron chi connectivity index (χ0n) is 22.0. The molecule has 1 N–H and O–H groups in total. The molecule has 2 aromatic carbocycles. The Morgan fingerprint density at radius 2 is 1.78 bits per heavy atom. The monoisotopic (exact) mass is 493 g/mol. The van der Waals surface area contributed by atoms with Gasteiger partial charge in [0.2, 0.25) is 5.91 Å². The van der Waals surface area contributed by atoms with Crippen molar-refractivity contribution in [2.45, 2.75) is 59.3 Å². The van der Waals surface area contributed by atoms with E-state index in [0.717, 1.165) is 36.2 Å². The van der Waals surface area contributed by atoms with E-state index in [2.05, 4.69) is 10.2 Å². The largest absolute Gasteiger partial charge is 0.352 e. The molecule has 2 aliphatic rings. The second-order valence-corrected chi connectivity index (χ2v) is 10.7. The van der Waals surface area contributed by atoms with Gasteiger partial charge < -0.3 is 15.1 Å². The van der Waals surface area contributed by atoms with Crippen molar-refractivity contribution in [2.24, 2.45) is 11.8 Å². The van der Waals surface area contributed by atoms with Crippen molar-refractivity contribution in [1.29, 1.82) is 0 Å². The summed E-state index contributed by atoms with van der Waals surface area (Å²) in [5.74, 6) is -0.108. The molecule has 194 valence electrons. The van der Waals surface area contributed by atoms with E-state index < -0.39 is 0 Å². The molecule has 36 heavy (non-hydrogen) atoms. The van der Waals surface area contributed by atoms with Crippen LogP contribution in [0, 0.1) is 31.5 Å². The second-order valence-electron chi connectivity index (χ2n) is 10.7. The van der Waals surface area contributed by atoms with Crippen LogP contribution < -0.4 is 10.2 Å². The third-order valence-electron chi connectivity index (χ3n) is 7.69. The molecule has 4 rings (SSSR count). The van der Waals surface area contributed by atoms with E-state index in [9.17, 15) is 14.0 Å². The molecule has 2 heterocycles. The lowest BCUT2D eigenvalue weighted by molar-refractivity contribution is -0.124. The summed E-state index contributed by atoms with van der Waals surface area (Å²) in [6.45, 7) is 10.5. The van der Waals surface area contributed by atoms with Crippen LogP contribution in [0.5, 0.6) is 0 Å². The van der Waals surface area contributed by atoms with Crippen molar-refractivity contribution in [3.8, 4) is 0 Å². The van der Waals surface area contributed by atoms with Crippen molar-refractivity contribution in [3.63, 3.8) is 0 Å². The number of likely N-dealkylation sites (tertiary alicyclic amines) is 1. The van der Waals surface area contributed by atoms with Crippen LogP contribution in [0.2, 0.25) is 0 Å². The van der Waals surface area contributed by atoms with E-state index in [1.54, 1.807) is 6.07 Å². The number of piperidine rings is 2. The Balaban J connectivity index is 1.41. The van der Waals surface area contributed by atoms with Crippen LogP contribution in [-0.2, 0) is 11.2 Å². The van der Waals surface area contributed by atoms with E-state index in [-0.39, 0.29) is 29.5 Å². The van der Waals surface area contributed by atoms with Crippen LogP contribution in [0.25, 0.3) is 0 Å². The summed E-state index contributed by atoms with van der Waals surface area (Å²) in [6, 6.07) is 10.7. The number of carbonyl (C=O) groups is 2. The lowest BCUT2D eigenvalue weighted by Crippen LogP contribution is -2.46. The van der Waals surface area contributed by atoms with E-state index in [4.69, 9.17) is 0 Å². The van der Waals surface area contributed by atoms with Gasteiger partial charge >= 0.3 is 0 Å². The van der Waals surface area contributed by atoms with Gasteiger partial charge in [-0.05, 0) is 106 Å². The molecule has 2 aliphatic heterocycles. The van der Waals surface area contributed by atoms with Gasteiger partial charge in [-0.25, -0.2) is 4.39 Å². The Labute approximate surface area is 215 Å². The predicted octanol–water partition coefficient (Wildman–Crippen LogP) is 5.28. The molecule has 0 aliphatic carbocycles. The fourth-order valence-corrected chi connectivity index (χ4v) is 5.92. The maximum absolute atomic E-state index is 14.3. The molecule has 5 nitrogen and oxygen atoms in total. The quantitative estimate of drug-likeness (QED) is 0.509. The Morgan fingerprint density at radius 1 is 1.08 bits per heavy atom. The topological polar surface area (TPSA) is 52.7 Å². The van der Waals surface area contributed by atoms with Gasteiger partial charge in [0.25, 0.3) is 5.91 Å². The van der Waals surface area contributed by atoms with Gasteiger partial charge in [-0.15, -0.1) is 0 Å². The highest BCUT2D eigenvalue weighted by Gasteiger charge is 2.34. The number of hydrogen-bond donors (Lipinski definition) is 1. The molecule has 0 bridgehead atoms. The second kappa shape index (κ2) is 12.0. The number of amides is 2. The number of rotatable bonds is 8. The standard InChI is InChI=1S/C30H40FN3O2/c1-21-17-26(29(35)32-12-9-15-33-13-7-4-8-14-33)18-22(2)28(21)34-20-24(16-23(3)30(34)36)19-25-10-5-6-11-27(25)31/h5-6,10-11,17-18,23-24H,4,7-9,12-16,19-20H2,1-3H3,(H,32,35)/t23-,24-/m1/s1. The van der Waals surface area contributed by atoms with Crippen molar-refractivity contribution in [2.75, 3.05) is 37.6 Å². The summed E-state index contributed by atoms with van der Waals surface area (Å²) in [6.07, 6.45) is 6.19. The number of nitrogens with one attached hydrogen (secondary N) is 1. The summed E-state index contributed by atoms with van der Waals surface area (Å²) in [7, 11) is 0. The van der Waals surface area contributed by atoms with Crippen molar-refractivity contribution in [1.82, 2.24) is 10.2 Å². The fraction of sp³-hybridized carbons (Fsp3) is 0.533. The first-order chi connectivity index (χ1) is 17.3. The van der Waals surface area contributed by atoms with Crippen LogP contribution >= 0.6 is 0 Å². The van der Waals surface area contributed by atoms with Crippen molar-refractivity contribution < 1.29 is 14.0 Å². The molecule has 0 unspecified atom stereocenters. The predicted molar refractivity (Wildman–Crippen MR) is 143 cm³/mol. The first-order valence-electron chi connectivity index (χ1n) is 13.5. The number of anilines is 1. The van der Waals surface area contributed by atoms with Crippen molar-refractivity contribution >= 4 is 17.5 Å². The third-order valence-corrected chi connectivity index (χ3v) is 7.69. The van der Waals surface area contributed by atoms with Crippen LogP contribution in [0.4, 0.5) is 10.1 Å². The zero-order valence-corrected chi connectivity index (χ0v) is 22.0. The highest BCUT2D eigenvalue weighted by Crippen LogP contribution is 2.34. The molecule has 2 aromatic rings. The van der Waals surface area contributed by atoms with Gasteiger partial charge in [0.1, 0.15) is 5.82 Å². The lowest BCUT2D eigenvalue weighted by Gasteiger charge is -2.38. The summed E-state index contributed by atoms with van der Waals surface area (Å²) in [5, 5.41) is 3.07. The van der Waals surface area contributed by atoms with Crippen LogP contribution in [-0.4, -0.2) is 49.4 Å². The molecule has 2 fully saturated rings. The SMILES string of the molecule is Cc1cc(C(=O)NCCCN2CCCCC2)cc(C)c1N1C[C@@H](Cc2ccccc2F)C[C@@H](C)C1=O. The smallest absolute Gasteiger partial charge is 0.251 e. The number of hydrogen-bond acceptors (Lipinski definition) is 3. The fourth-order valence-electron chi connectivity index (χ4n) is 5.92. The Morgan fingerprint density at radius 3 is 2.47 bits per heavy atom. The molecule has 2 saturated heterocycles. The summed E-state index contributed by atoms with van der Waals surface area (Å²) < 4.78 is 14.3. The zero-order chi connectivity index (χ0) is 25.7. The molecule has 0 spiro atoms. The van der Waals surface area contributed by atoms with E-state index >= 15 is 0 Å². The highest BCUT2D eigenvalue weighted by molar-refractivity contribution is 5.99. The molecule has 6 heteroatoms. The lowest BCUT2D eigenvalue weighted by atomic mass is 9.84. The van der Waals surface area contributed by atoms with Gasteiger partial charge in [0.15, 0.2) is 0 Å². The minimum atomic E-state index is -0.188. The number of aryl methyl sites for hydroxylation is 2. The van der Waals surface area contributed by atoms with E-state index in [1.807, 2.05) is 49.9 Å². The van der Waals surface area contributed by atoms with Gasteiger partial charge in [-0.2, -0.15) is 0 Å². The average Bonchev–Trinajstić information content (AvgIpc) is 2.86. The Kier molecular flexibility index (Phi) is 8.78. The molecular weight excluding hydrogens is 453 g/mol. The average molecular weight is 494 g/mol. The Hall–Kier alpha value is -2.73. The summed E-state index contributed by atoms with van der Waals surface area (Å²) >= 11 is 0. The van der Waals surface area contributed by atoms with Crippen LogP contribution in [0.3, 0.4) is 0 Å². The molecular formula is C30H40FN3O2. The molecule has 2 amide bonds. The molecule has 0 aromatic heterocycles.